The SMILES string of the molecule is Cc1ncc(C=Cc2nc3scc(CC(=O)O)n3c(=O)c2Cl)s1. The molecule has 0 saturated carbocycles. The Hall–Kier alpha value is -2.03. The normalized spacial score (nSPS) is 11.6. The molecule has 0 fully saturated rings. The van der Waals surface area contributed by atoms with Crippen LogP contribution in [0.1, 0.15) is 21.3 Å². The van der Waals surface area contributed by atoms with Crippen molar-refractivity contribution in [2.45, 2.75) is 13.3 Å². The van der Waals surface area contributed by atoms with Gasteiger partial charge in [0.2, 0.25) is 0 Å². The minimum Gasteiger partial charge on any atom is -0.481 e. The molecule has 0 aliphatic rings. The average molecular weight is 368 g/mol. The second-order valence-electron chi connectivity index (χ2n) is 4.65. The Morgan fingerprint density at radius 3 is 2.91 bits per heavy atom. The van der Waals surface area contributed by atoms with Crippen molar-refractivity contribution in [1.29, 1.82) is 0 Å². The summed E-state index contributed by atoms with van der Waals surface area (Å²) in [7, 11) is 0. The maximum atomic E-state index is 12.4. The minimum atomic E-state index is -1.02. The van der Waals surface area contributed by atoms with E-state index < -0.39 is 11.5 Å². The van der Waals surface area contributed by atoms with Crippen LogP contribution in [0.5, 0.6) is 0 Å². The van der Waals surface area contributed by atoms with Crippen LogP contribution in [0.3, 0.4) is 0 Å². The third-order valence-corrected chi connectivity index (χ3v) is 5.10. The Kier molecular flexibility index (Phi) is 4.29. The average Bonchev–Trinajstić information content (AvgIpc) is 3.07. The van der Waals surface area contributed by atoms with Crippen LogP contribution in [-0.4, -0.2) is 25.4 Å². The largest absolute Gasteiger partial charge is 0.481 e. The summed E-state index contributed by atoms with van der Waals surface area (Å²) in [6.45, 7) is 1.90. The highest BCUT2D eigenvalue weighted by molar-refractivity contribution is 7.15. The molecule has 3 rings (SSSR count). The summed E-state index contributed by atoms with van der Waals surface area (Å²) in [5.41, 5.74) is 0.256. The highest BCUT2D eigenvalue weighted by Crippen LogP contribution is 2.20. The smallest absolute Gasteiger partial charge is 0.309 e. The van der Waals surface area contributed by atoms with Gasteiger partial charge in [-0.3, -0.25) is 14.0 Å². The molecule has 0 bridgehead atoms. The van der Waals surface area contributed by atoms with E-state index in [2.05, 4.69) is 9.97 Å². The van der Waals surface area contributed by atoms with E-state index in [4.69, 9.17) is 16.7 Å². The van der Waals surface area contributed by atoms with Gasteiger partial charge in [-0.25, -0.2) is 9.97 Å². The lowest BCUT2D eigenvalue weighted by molar-refractivity contribution is -0.136. The van der Waals surface area contributed by atoms with Gasteiger partial charge < -0.3 is 5.11 Å². The van der Waals surface area contributed by atoms with E-state index in [0.29, 0.717) is 16.3 Å². The van der Waals surface area contributed by atoms with E-state index in [1.54, 1.807) is 23.7 Å². The van der Waals surface area contributed by atoms with Gasteiger partial charge in [0, 0.05) is 22.1 Å². The number of aryl methyl sites for hydroxylation is 1. The lowest BCUT2D eigenvalue weighted by Gasteiger charge is -2.01. The highest BCUT2D eigenvalue weighted by atomic mass is 35.5. The summed E-state index contributed by atoms with van der Waals surface area (Å²) >= 11 is 8.83. The Balaban J connectivity index is 2.06. The number of carbonyl (C=O) groups is 1. The molecule has 0 radical (unpaired) electrons. The van der Waals surface area contributed by atoms with Gasteiger partial charge in [0.15, 0.2) is 4.96 Å². The van der Waals surface area contributed by atoms with Gasteiger partial charge in [-0.15, -0.1) is 22.7 Å². The lowest BCUT2D eigenvalue weighted by atomic mass is 10.3. The van der Waals surface area contributed by atoms with Crippen LogP contribution in [0, 0.1) is 6.92 Å². The molecule has 0 atom stereocenters. The lowest BCUT2D eigenvalue weighted by Crippen LogP contribution is -2.19. The van der Waals surface area contributed by atoms with Crippen LogP contribution < -0.4 is 5.56 Å². The van der Waals surface area contributed by atoms with Crippen molar-refractivity contribution in [3.63, 3.8) is 0 Å². The molecule has 3 heterocycles. The van der Waals surface area contributed by atoms with Crippen LogP contribution >= 0.6 is 34.3 Å². The molecule has 0 saturated heterocycles. The molecule has 118 valence electrons. The Morgan fingerprint density at radius 1 is 1.48 bits per heavy atom. The third kappa shape index (κ3) is 3.19. The van der Waals surface area contributed by atoms with E-state index in [1.165, 1.54) is 27.1 Å². The van der Waals surface area contributed by atoms with Crippen LogP contribution in [0.4, 0.5) is 0 Å². The van der Waals surface area contributed by atoms with Gasteiger partial charge in [0.05, 0.1) is 17.1 Å². The zero-order chi connectivity index (χ0) is 16.6. The number of rotatable bonds is 4. The zero-order valence-corrected chi connectivity index (χ0v) is 14.2. The number of halogens is 1. The summed E-state index contributed by atoms with van der Waals surface area (Å²) in [5, 5.41) is 11.4. The number of carboxylic acid groups (broad SMARTS) is 1. The molecule has 0 spiro atoms. The quantitative estimate of drug-likeness (QED) is 0.766. The standard InChI is InChI=1S/C14H10ClN3O3S2/c1-7-16-5-9(23-7)2-3-10-12(15)13(21)18-8(4-11(19)20)6-22-14(18)17-10/h2-3,5-6H,4H2,1H3,(H,19,20). The third-order valence-electron chi connectivity index (χ3n) is 2.99. The number of thiazole rings is 2. The molecule has 3 aromatic rings. The molecule has 1 N–H and O–H groups in total. The molecule has 6 nitrogen and oxygen atoms in total. The Morgan fingerprint density at radius 2 is 2.26 bits per heavy atom. The molecular weight excluding hydrogens is 358 g/mol. The molecule has 0 aliphatic carbocycles. The van der Waals surface area contributed by atoms with Crippen LogP contribution in [0.2, 0.25) is 5.02 Å². The topological polar surface area (TPSA) is 84.6 Å². The summed E-state index contributed by atoms with van der Waals surface area (Å²) in [6.07, 6.45) is 4.92. The number of carboxylic acids is 1. The predicted octanol–water partition coefficient (Wildman–Crippen LogP) is 2.97. The monoisotopic (exact) mass is 367 g/mol. The van der Waals surface area contributed by atoms with E-state index in [-0.39, 0.29) is 11.4 Å². The summed E-state index contributed by atoms with van der Waals surface area (Å²) in [6, 6.07) is 0. The first-order chi connectivity index (χ1) is 11.0. The maximum absolute atomic E-state index is 12.4. The highest BCUT2D eigenvalue weighted by Gasteiger charge is 2.15. The molecule has 3 aromatic heterocycles. The molecule has 0 amide bonds. The van der Waals surface area contributed by atoms with Gasteiger partial charge in [-0.1, -0.05) is 11.6 Å². The first kappa shape index (κ1) is 15.9. The van der Waals surface area contributed by atoms with E-state index in [9.17, 15) is 9.59 Å². The first-order valence-corrected chi connectivity index (χ1v) is 8.54. The molecular formula is C14H10ClN3O3S2. The van der Waals surface area contributed by atoms with Gasteiger partial charge in [0.1, 0.15) is 5.02 Å². The van der Waals surface area contributed by atoms with E-state index in [1.807, 2.05) is 6.92 Å². The molecule has 0 unspecified atom stereocenters. The fraction of sp³-hybridized carbons (Fsp3) is 0.143. The van der Waals surface area contributed by atoms with Gasteiger partial charge in [-0.2, -0.15) is 0 Å². The van der Waals surface area contributed by atoms with Gasteiger partial charge in [-0.05, 0) is 19.1 Å². The number of aliphatic carboxylic acids is 1. The number of nitrogens with zero attached hydrogens (tertiary/aromatic N) is 3. The number of hydrogen-bond donors (Lipinski definition) is 1. The summed E-state index contributed by atoms with van der Waals surface area (Å²) < 4.78 is 1.25. The Bertz CT molecular complexity index is 987. The zero-order valence-electron chi connectivity index (χ0n) is 11.8. The van der Waals surface area contributed by atoms with E-state index in [0.717, 1.165) is 9.88 Å². The van der Waals surface area contributed by atoms with Crippen LogP contribution in [-0.2, 0) is 11.2 Å². The van der Waals surface area contributed by atoms with Crippen molar-refractivity contribution in [3.8, 4) is 0 Å². The van der Waals surface area contributed by atoms with E-state index >= 15 is 0 Å². The second kappa shape index (κ2) is 6.23. The molecule has 0 aromatic carbocycles. The second-order valence-corrected chi connectivity index (χ2v) is 7.13. The van der Waals surface area contributed by atoms with Crippen molar-refractivity contribution in [2.24, 2.45) is 0 Å². The van der Waals surface area contributed by atoms with Crippen molar-refractivity contribution in [1.82, 2.24) is 14.4 Å². The van der Waals surface area contributed by atoms with Crippen molar-refractivity contribution in [3.05, 3.63) is 48.2 Å². The number of hydrogen-bond acceptors (Lipinski definition) is 6. The number of aromatic nitrogens is 3. The van der Waals surface area contributed by atoms with Gasteiger partial charge >= 0.3 is 5.97 Å². The number of fused-ring (bicyclic) bond motifs is 1. The van der Waals surface area contributed by atoms with Gasteiger partial charge in [0.25, 0.3) is 5.56 Å². The predicted molar refractivity (Wildman–Crippen MR) is 91.5 cm³/mol. The minimum absolute atomic E-state index is 0.0370. The van der Waals surface area contributed by atoms with Crippen molar-refractivity contribution < 1.29 is 9.90 Å². The van der Waals surface area contributed by atoms with Crippen molar-refractivity contribution >= 4 is 57.4 Å². The summed E-state index contributed by atoms with van der Waals surface area (Å²) in [5.74, 6) is -1.02. The fourth-order valence-corrected chi connectivity index (χ4v) is 3.77. The summed E-state index contributed by atoms with van der Waals surface area (Å²) in [4.78, 5) is 33.1. The maximum Gasteiger partial charge on any atom is 0.309 e. The molecule has 9 heteroatoms. The molecule has 23 heavy (non-hydrogen) atoms. The molecule has 0 aliphatic heterocycles. The van der Waals surface area contributed by atoms with Crippen molar-refractivity contribution in [2.75, 3.05) is 0 Å². The first-order valence-electron chi connectivity index (χ1n) is 6.46. The Labute approximate surface area is 143 Å². The van der Waals surface area contributed by atoms with Crippen LogP contribution in [0.25, 0.3) is 17.1 Å². The fourth-order valence-electron chi connectivity index (χ4n) is 2.00. The van der Waals surface area contributed by atoms with Crippen LogP contribution in [0.15, 0.2) is 16.4 Å².